The molecule has 5 unspecified atom stereocenters. The number of carbonyl (C=O) groups excluding carboxylic acids is 4. The second-order valence-corrected chi connectivity index (χ2v) is 23.5. The third kappa shape index (κ3) is 15.2. The van der Waals surface area contributed by atoms with Crippen molar-refractivity contribution in [1.82, 2.24) is 30.4 Å². The summed E-state index contributed by atoms with van der Waals surface area (Å²) in [6.45, 7) is 11.8. The molecule has 6 atom stereocenters. The van der Waals surface area contributed by atoms with E-state index in [1.807, 2.05) is 48.3 Å². The summed E-state index contributed by atoms with van der Waals surface area (Å²) in [5.74, 6) is -3.18. The zero-order valence-electron chi connectivity index (χ0n) is 45.6. The van der Waals surface area contributed by atoms with Gasteiger partial charge < -0.3 is 31.1 Å². The van der Waals surface area contributed by atoms with Gasteiger partial charge in [-0.1, -0.05) is 82.9 Å². The zero-order valence-corrected chi connectivity index (χ0v) is 46.4. The summed E-state index contributed by atoms with van der Waals surface area (Å²) < 4.78 is 36.3. The fraction of sp³-hybridized carbons (Fsp3) is 0.533. The highest BCUT2D eigenvalue weighted by Crippen LogP contribution is 2.38. The highest BCUT2D eigenvalue weighted by molar-refractivity contribution is 8.12. The highest BCUT2D eigenvalue weighted by atomic mass is 32.2. The maximum Gasteiger partial charge on any atom is 0.224 e. The van der Waals surface area contributed by atoms with Gasteiger partial charge in [-0.25, -0.2) is 13.8 Å². The predicted octanol–water partition coefficient (Wildman–Crippen LogP) is 8.90. The molecule has 418 valence electrons. The van der Waals surface area contributed by atoms with Crippen LogP contribution >= 0.6 is 11.8 Å². The minimum atomic E-state index is -0.807. The van der Waals surface area contributed by atoms with Crippen LogP contribution in [0.1, 0.15) is 132 Å². The number of halogens is 2. The number of aliphatic hydroxyl groups is 1. The van der Waals surface area contributed by atoms with E-state index in [2.05, 4.69) is 39.7 Å². The average Bonchev–Trinajstić information content (AvgIpc) is 4.13. The molecule has 0 bridgehead atoms. The van der Waals surface area contributed by atoms with Crippen molar-refractivity contribution in [2.24, 2.45) is 33.0 Å². The van der Waals surface area contributed by atoms with Crippen molar-refractivity contribution in [3.8, 4) is 11.1 Å². The Morgan fingerprint density at radius 1 is 0.923 bits per heavy atom. The standard InChI is InChI=1S/C60H77F2N9O6S/c1-38-57(78-37-67-38)40-18-16-39(17-19-40)33-66-59(76)47-31-44(72)30-46(47)56(75)58(60(2,3)4)69-53(73)14-9-7-5-6-8-10-15-54(74)71-22-20-43(21-23-71)64-34-42(32-63)52-35-65-51-13-11-12-45(55(51)68-52)41-28-49(61)48(50(62)29-41)36-70-24-26-77-27-25-70/h11-13,16-19,28-29,32,34-35,37-38,43-44,46-47,57-58,72H,5-10,14-15,20-27,30-31,33,36,63H2,1-4H3,(H,66,76)(H,69,73)/t38?,44?,46-,47?,57?,58?/m1/s1. The Morgan fingerprint density at radius 3 is 2.27 bits per heavy atom. The summed E-state index contributed by atoms with van der Waals surface area (Å²) in [5, 5.41) is 16.9. The van der Waals surface area contributed by atoms with Crippen LogP contribution in [0.5, 0.6) is 0 Å². The summed E-state index contributed by atoms with van der Waals surface area (Å²) in [5.41, 5.74) is 12.5. The number of thioether (sulfide) groups is 1. The first-order chi connectivity index (χ1) is 37.6. The van der Waals surface area contributed by atoms with Gasteiger partial charge in [0.05, 0.1) is 77.1 Å². The number of likely N-dealkylation sites (tertiary alicyclic amines) is 1. The lowest BCUT2D eigenvalue weighted by atomic mass is 9.77. The van der Waals surface area contributed by atoms with Crippen LogP contribution in [-0.2, 0) is 37.0 Å². The van der Waals surface area contributed by atoms with E-state index in [-0.39, 0.29) is 72.2 Å². The number of ketones is 1. The lowest BCUT2D eigenvalue weighted by Crippen LogP contribution is -2.52. The van der Waals surface area contributed by atoms with E-state index in [0.717, 1.165) is 37.7 Å². The van der Waals surface area contributed by atoms with Crippen molar-refractivity contribution in [2.45, 2.75) is 147 Å². The molecule has 15 nitrogen and oxygen atoms in total. The number of morpholine rings is 1. The molecular formula is C60H77F2N9O6S. The van der Waals surface area contributed by atoms with Crippen LogP contribution in [0.4, 0.5) is 8.78 Å². The van der Waals surface area contributed by atoms with Crippen LogP contribution < -0.4 is 16.4 Å². The van der Waals surface area contributed by atoms with Crippen LogP contribution in [0.2, 0.25) is 0 Å². The molecule has 4 aromatic rings. The fourth-order valence-corrected chi connectivity index (χ4v) is 12.0. The van der Waals surface area contributed by atoms with Gasteiger partial charge in [-0.2, -0.15) is 0 Å². The maximum absolute atomic E-state index is 15.4. The van der Waals surface area contributed by atoms with Crippen molar-refractivity contribution in [3.63, 3.8) is 0 Å². The normalized spacial score (nSPS) is 21.9. The minimum absolute atomic E-state index is 0.00919. The third-order valence-electron chi connectivity index (χ3n) is 15.7. The van der Waals surface area contributed by atoms with Gasteiger partial charge in [-0.3, -0.25) is 39.0 Å². The van der Waals surface area contributed by atoms with Crippen LogP contribution in [0.3, 0.4) is 0 Å². The summed E-state index contributed by atoms with van der Waals surface area (Å²) in [6.07, 6.45) is 11.6. The van der Waals surface area contributed by atoms with Gasteiger partial charge in [0.15, 0.2) is 5.78 Å². The Labute approximate surface area is 461 Å². The number of nitrogens with one attached hydrogen (secondary N) is 2. The smallest absolute Gasteiger partial charge is 0.224 e. The number of amides is 3. The van der Waals surface area contributed by atoms with Crippen molar-refractivity contribution < 1.29 is 37.8 Å². The topological polar surface area (TPSA) is 205 Å². The van der Waals surface area contributed by atoms with Gasteiger partial charge in [0, 0.05) is 87.1 Å². The van der Waals surface area contributed by atoms with Crippen molar-refractivity contribution in [3.05, 3.63) is 101 Å². The molecule has 78 heavy (non-hydrogen) atoms. The number of rotatable bonds is 22. The number of piperidine rings is 1. The Morgan fingerprint density at radius 2 is 1.60 bits per heavy atom. The van der Waals surface area contributed by atoms with Crippen LogP contribution in [-0.4, -0.2) is 124 Å². The molecule has 5 N–H and O–H groups in total. The van der Waals surface area contributed by atoms with E-state index >= 15 is 8.78 Å². The Kier molecular flexibility index (Phi) is 20.4. The van der Waals surface area contributed by atoms with Crippen molar-refractivity contribution in [1.29, 1.82) is 0 Å². The number of para-hydroxylation sites is 1. The molecular weight excluding hydrogens is 1010 g/mol. The number of carbonyl (C=O) groups is 4. The average molecular weight is 1090 g/mol. The van der Waals surface area contributed by atoms with E-state index in [4.69, 9.17) is 20.4 Å². The Hall–Kier alpha value is -5.95. The number of fused-ring (bicyclic) bond motifs is 1. The molecule has 0 spiro atoms. The molecule has 4 heterocycles. The molecule has 8 rings (SSSR count). The number of unbranched alkanes of at least 4 members (excludes halogenated alkanes) is 5. The number of nitrogens with two attached hydrogens (primary N) is 1. The lowest BCUT2D eigenvalue weighted by molar-refractivity contribution is -0.137. The monoisotopic (exact) mass is 1090 g/mol. The number of Topliss-reactive ketones (excluding diaryl/α,β-unsaturated/α-hetero) is 1. The van der Waals surface area contributed by atoms with Gasteiger partial charge in [-0.05, 0) is 85.8 Å². The summed E-state index contributed by atoms with van der Waals surface area (Å²) in [4.78, 5) is 76.7. The first-order valence-electron chi connectivity index (χ1n) is 27.9. The molecule has 3 aromatic carbocycles. The maximum atomic E-state index is 15.4. The zero-order chi connectivity index (χ0) is 55.3. The lowest BCUT2D eigenvalue weighted by Gasteiger charge is -2.33. The first kappa shape index (κ1) is 58.2. The van der Waals surface area contributed by atoms with E-state index in [0.29, 0.717) is 105 Å². The number of aliphatic imine (C=N–C) groups is 2. The number of allylic oxidation sites excluding steroid dienone is 1. The number of nitrogens with zero attached hydrogens (tertiary/aromatic N) is 6. The number of aliphatic hydroxyl groups excluding tert-OH is 1. The second-order valence-electron chi connectivity index (χ2n) is 22.5. The number of ether oxygens (including phenoxy) is 1. The van der Waals surface area contributed by atoms with Crippen molar-refractivity contribution in [2.75, 3.05) is 39.4 Å². The molecule has 1 aliphatic carbocycles. The Balaban J connectivity index is 0.721. The number of hydrogen-bond donors (Lipinski definition) is 4. The number of benzene rings is 3. The van der Waals surface area contributed by atoms with Crippen molar-refractivity contribution >= 4 is 63.6 Å². The highest BCUT2D eigenvalue weighted by Gasteiger charge is 2.47. The van der Waals surface area contributed by atoms with Gasteiger partial charge in [0.2, 0.25) is 17.7 Å². The van der Waals surface area contributed by atoms with E-state index in [1.54, 1.807) is 42.4 Å². The molecule has 3 fully saturated rings. The molecule has 3 aliphatic heterocycles. The number of aromatic nitrogens is 2. The SMILES string of the molecule is CC1N=CSC1c1ccc(CNC(=O)C2CC(O)C[C@H]2C(=O)C(NC(=O)CCCCCCCCC(=O)N2CCC(N=CC(=CN)c3cnc4cccc(-c5cc(F)c(CN6CCOCC6)c(F)c5)c4n3)CC2)C(C)(C)C)cc1. The van der Waals surface area contributed by atoms with Crippen LogP contribution in [0, 0.1) is 28.9 Å². The first-order valence-corrected chi connectivity index (χ1v) is 28.8. The predicted molar refractivity (Wildman–Crippen MR) is 303 cm³/mol. The minimum Gasteiger partial charge on any atom is -0.404 e. The summed E-state index contributed by atoms with van der Waals surface area (Å²) >= 11 is 1.70. The molecule has 1 saturated carbocycles. The molecule has 4 aliphatic rings. The van der Waals surface area contributed by atoms with Gasteiger partial charge in [-0.15, -0.1) is 11.8 Å². The van der Waals surface area contributed by atoms with Gasteiger partial charge >= 0.3 is 0 Å². The quantitative estimate of drug-likeness (QED) is 0.0432. The van der Waals surface area contributed by atoms with Gasteiger partial charge in [0.25, 0.3) is 0 Å². The molecule has 1 aromatic heterocycles. The van der Waals surface area contributed by atoms with E-state index in [1.165, 1.54) is 23.9 Å². The molecule has 0 radical (unpaired) electrons. The Bertz CT molecular complexity index is 2800. The number of hydrogen-bond acceptors (Lipinski definition) is 13. The summed E-state index contributed by atoms with van der Waals surface area (Å²) in [7, 11) is 0. The summed E-state index contributed by atoms with van der Waals surface area (Å²) in [6, 6.07) is 15.6. The van der Waals surface area contributed by atoms with Gasteiger partial charge in [0.1, 0.15) is 11.6 Å². The van der Waals surface area contributed by atoms with E-state index < -0.39 is 41.0 Å². The molecule has 2 saturated heterocycles. The fourth-order valence-electron chi connectivity index (χ4n) is 11.0. The van der Waals surface area contributed by atoms with Crippen LogP contribution in [0.25, 0.3) is 27.7 Å². The molecule has 18 heteroatoms. The van der Waals surface area contributed by atoms with Crippen LogP contribution in [0.15, 0.2) is 77.0 Å². The second kappa shape index (κ2) is 27.3. The van der Waals surface area contributed by atoms with E-state index in [9.17, 15) is 24.3 Å². The third-order valence-corrected chi connectivity index (χ3v) is 16.9. The largest absolute Gasteiger partial charge is 0.404 e. The molecule has 3 amide bonds.